The lowest BCUT2D eigenvalue weighted by molar-refractivity contribution is -0.119. The van der Waals surface area contributed by atoms with Crippen LogP contribution < -0.4 is 22.2 Å². The molecule has 1 aliphatic rings. The number of alkyl halides is 2. The van der Waals surface area contributed by atoms with Crippen LogP contribution in [0.5, 0.6) is 0 Å². The van der Waals surface area contributed by atoms with Crippen LogP contribution in [0.25, 0.3) is 0 Å². The molecule has 0 aliphatic carbocycles. The van der Waals surface area contributed by atoms with E-state index in [9.17, 15) is 18.4 Å². The standard InChI is InChI=1S/C23H34F2N10O2/c1-17-4-5-18(12-28-17)13-29-22(37)19(26)14-34(27)8-2-3-9-35-15-20(31-32-35)30-21(36)16-33-10-6-23(24,25)7-11-33/h4-5,12,14-15H,2-3,6-11,13,16,26-27H2,1H3,(H,29,37)(H,30,36)/b19-14-. The van der Waals surface area contributed by atoms with E-state index in [-0.39, 0.29) is 44.1 Å². The van der Waals surface area contributed by atoms with E-state index in [2.05, 4.69) is 25.9 Å². The van der Waals surface area contributed by atoms with Crippen LogP contribution in [0.4, 0.5) is 14.6 Å². The van der Waals surface area contributed by atoms with Crippen molar-refractivity contribution in [3.8, 4) is 0 Å². The lowest BCUT2D eigenvalue weighted by atomic mass is 10.1. The lowest BCUT2D eigenvalue weighted by Crippen LogP contribution is -2.43. The maximum absolute atomic E-state index is 13.2. The highest BCUT2D eigenvalue weighted by molar-refractivity contribution is 5.92. The molecule has 2 aromatic rings. The van der Waals surface area contributed by atoms with E-state index < -0.39 is 11.8 Å². The average Bonchev–Trinajstić information content (AvgIpc) is 3.29. The molecule has 0 spiro atoms. The Balaban J connectivity index is 1.31. The SMILES string of the molecule is Cc1ccc(CNC(=O)/C(N)=C/N(N)CCCCn2cc(NC(=O)CN3CCC(F)(F)CC3)nn2)cn1. The second-order valence-corrected chi connectivity index (χ2v) is 9.07. The fourth-order valence-corrected chi connectivity index (χ4v) is 3.65. The molecule has 12 nitrogen and oxygen atoms in total. The number of carbonyl (C=O) groups is 2. The Morgan fingerprint density at radius 1 is 1.24 bits per heavy atom. The van der Waals surface area contributed by atoms with E-state index in [0.717, 1.165) is 11.3 Å². The maximum atomic E-state index is 13.2. The molecule has 1 aliphatic heterocycles. The number of aryl methyl sites for hydroxylation is 2. The summed E-state index contributed by atoms with van der Waals surface area (Å²) >= 11 is 0. The van der Waals surface area contributed by atoms with Crippen molar-refractivity contribution in [2.45, 2.75) is 51.6 Å². The van der Waals surface area contributed by atoms with Crippen LogP contribution in [0.2, 0.25) is 0 Å². The number of piperidine rings is 1. The molecule has 37 heavy (non-hydrogen) atoms. The van der Waals surface area contributed by atoms with Crippen molar-refractivity contribution >= 4 is 17.6 Å². The van der Waals surface area contributed by atoms with Crippen molar-refractivity contribution < 1.29 is 18.4 Å². The predicted octanol–water partition coefficient (Wildman–Crippen LogP) is 0.724. The maximum Gasteiger partial charge on any atom is 0.268 e. The summed E-state index contributed by atoms with van der Waals surface area (Å²) in [5.41, 5.74) is 7.59. The number of unbranched alkanes of at least 4 members (excludes halogenated alkanes) is 1. The van der Waals surface area contributed by atoms with Gasteiger partial charge >= 0.3 is 0 Å². The van der Waals surface area contributed by atoms with Crippen LogP contribution >= 0.6 is 0 Å². The van der Waals surface area contributed by atoms with Crippen molar-refractivity contribution in [2.75, 3.05) is 31.5 Å². The molecular formula is C23H34F2N10O2. The number of rotatable bonds is 12. The molecule has 3 rings (SSSR count). The summed E-state index contributed by atoms with van der Waals surface area (Å²) in [6.45, 7) is 3.60. The van der Waals surface area contributed by atoms with E-state index in [1.165, 1.54) is 11.2 Å². The zero-order valence-corrected chi connectivity index (χ0v) is 20.9. The first-order chi connectivity index (χ1) is 17.6. The van der Waals surface area contributed by atoms with Gasteiger partial charge in [-0.1, -0.05) is 11.3 Å². The number of hydrazine groups is 1. The third kappa shape index (κ3) is 9.73. The fourth-order valence-electron chi connectivity index (χ4n) is 3.65. The van der Waals surface area contributed by atoms with E-state index >= 15 is 0 Å². The van der Waals surface area contributed by atoms with Gasteiger partial charge in [0.25, 0.3) is 11.8 Å². The monoisotopic (exact) mass is 520 g/mol. The summed E-state index contributed by atoms with van der Waals surface area (Å²) in [5, 5.41) is 14.6. The molecule has 2 amide bonds. The minimum absolute atomic E-state index is 0.00232. The molecule has 202 valence electrons. The molecule has 0 unspecified atom stereocenters. The largest absolute Gasteiger partial charge is 0.393 e. The van der Waals surface area contributed by atoms with Gasteiger partial charge in [-0.05, 0) is 31.4 Å². The summed E-state index contributed by atoms with van der Waals surface area (Å²) in [6, 6.07) is 3.74. The van der Waals surface area contributed by atoms with Gasteiger partial charge in [0, 0.05) is 63.7 Å². The molecule has 3 heterocycles. The molecule has 0 atom stereocenters. The smallest absolute Gasteiger partial charge is 0.268 e. The molecule has 0 radical (unpaired) electrons. The predicted molar refractivity (Wildman–Crippen MR) is 132 cm³/mol. The minimum Gasteiger partial charge on any atom is -0.393 e. The average molecular weight is 521 g/mol. The first kappa shape index (κ1) is 27.9. The zero-order valence-electron chi connectivity index (χ0n) is 20.9. The molecule has 0 aromatic carbocycles. The first-order valence-electron chi connectivity index (χ1n) is 12.1. The Labute approximate surface area is 214 Å². The van der Waals surface area contributed by atoms with Crippen LogP contribution in [-0.4, -0.2) is 73.8 Å². The Morgan fingerprint density at radius 2 is 2.00 bits per heavy atom. The Morgan fingerprint density at radius 3 is 2.70 bits per heavy atom. The highest BCUT2D eigenvalue weighted by atomic mass is 19.3. The van der Waals surface area contributed by atoms with Gasteiger partial charge in [0.2, 0.25) is 5.91 Å². The van der Waals surface area contributed by atoms with Crippen molar-refractivity contribution in [1.29, 1.82) is 0 Å². The van der Waals surface area contributed by atoms with E-state index in [0.29, 0.717) is 38.3 Å². The normalized spacial score (nSPS) is 15.8. The number of nitrogens with two attached hydrogens (primary N) is 2. The molecule has 0 bridgehead atoms. The van der Waals surface area contributed by atoms with Crippen molar-refractivity contribution in [2.24, 2.45) is 11.6 Å². The second-order valence-electron chi connectivity index (χ2n) is 9.07. The van der Waals surface area contributed by atoms with Crippen LogP contribution in [-0.2, 0) is 22.7 Å². The van der Waals surface area contributed by atoms with Crippen molar-refractivity contribution in [1.82, 2.24) is 35.2 Å². The summed E-state index contributed by atoms with van der Waals surface area (Å²) in [6.07, 6.45) is 5.61. The molecule has 14 heteroatoms. The second kappa shape index (κ2) is 13.1. The molecule has 6 N–H and O–H groups in total. The van der Waals surface area contributed by atoms with Gasteiger partial charge in [-0.25, -0.2) is 14.6 Å². The van der Waals surface area contributed by atoms with Gasteiger partial charge in [-0.3, -0.25) is 24.2 Å². The van der Waals surface area contributed by atoms with Gasteiger partial charge in [0.15, 0.2) is 5.82 Å². The zero-order chi connectivity index (χ0) is 26.8. The number of anilines is 1. The first-order valence-corrected chi connectivity index (χ1v) is 12.1. The molecule has 1 fully saturated rings. The van der Waals surface area contributed by atoms with Crippen LogP contribution in [0.15, 0.2) is 36.4 Å². The Kier molecular flexibility index (Phi) is 9.85. The third-order valence-electron chi connectivity index (χ3n) is 5.81. The van der Waals surface area contributed by atoms with Gasteiger partial charge in [-0.2, -0.15) is 0 Å². The number of hydrogen-bond donors (Lipinski definition) is 4. The van der Waals surface area contributed by atoms with E-state index in [4.69, 9.17) is 11.6 Å². The summed E-state index contributed by atoms with van der Waals surface area (Å²) < 4.78 is 28.1. The van der Waals surface area contributed by atoms with Gasteiger partial charge < -0.3 is 21.4 Å². The van der Waals surface area contributed by atoms with Crippen LogP contribution in [0.1, 0.15) is 36.9 Å². The van der Waals surface area contributed by atoms with E-state index in [1.807, 2.05) is 19.1 Å². The third-order valence-corrected chi connectivity index (χ3v) is 5.81. The highest BCUT2D eigenvalue weighted by Crippen LogP contribution is 2.27. The summed E-state index contributed by atoms with van der Waals surface area (Å²) in [4.78, 5) is 30.2. The number of pyridine rings is 1. The van der Waals surface area contributed by atoms with Crippen molar-refractivity contribution in [3.63, 3.8) is 0 Å². The van der Waals surface area contributed by atoms with Crippen LogP contribution in [0, 0.1) is 6.92 Å². The van der Waals surface area contributed by atoms with Gasteiger partial charge in [0.05, 0.1) is 12.7 Å². The number of halogens is 2. The molecular weight excluding hydrogens is 486 g/mol. The minimum atomic E-state index is -2.64. The molecule has 2 aromatic heterocycles. The number of amides is 2. The van der Waals surface area contributed by atoms with Gasteiger partial charge in [0.1, 0.15) is 5.70 Å². The topological polar surface area (TPSA) is 160 Å². The van der Waals surface area contributed by atoms with Crippen molar-refractivity contribution in [3.05, 3.63) is 47.7 Å². The Hall–Kier alpha value is -3.65. The fraction of sp³-hybridized carbons (Fsp3) is 0.522. The number of hydrogen-bond acceptors (Lipinski definition) is 9. The molecule has 0 saturated carbocycles. The summed E-state index contributed by atoms with van der Waals surface area (Å²) in [5.74, 6) is 2.84. The highest BCUT2D eigenvalue weighted by Gasteiger charge is 2.34. The quantitative estimate of drug-likeness (QED) is 0.137. The van der Waals surface area contributed by atoms with Crippen LogP contribution in [0.3, 0.4) is 0 Å². The molecule has 1 saturated heterocycles. The van der Waals surface area contributed by atoms with E-state index in [1.54, 1.807) is 22.0 Å². The number of aromatic nitrogens is 4. The summed E-state index contributed by atoms with van der Waals surface area (Å²) in [7, 11) is 0. The number of carbonyl (C=O) groups excluding carboxylic acids is 2. The number of likely N-dealkylation sites (tertiary alicyclic amines) is 1. The number of nitrogens with zero attached hydrogens (tertiary/aromatic N) is 6. The van der Waals surface area contributed by atoms with Gasteiger partial charge in [-0.15, -0.1) is 5.10 Å². The Bertz CT molecular complexity index is 1060. The lowest BCUT2D eigenvalue weighted by Gasteiger charge is -2.30. The number of nitrogens with one attached hydrogen (secondary N) is 2.